The molecule has 0 aliphatic heterocycles. The van der Waals surface area contributed by atoms with E-state index in [1.165, 1.54) is 18.1 Å². The zero-order chi connectivity index (χ0) is 7.70. The van der Waals surface area contributed by atoms with Crippen LogP contribution in [0.5, 0.6) is 0 Å². The molecule has 0 saturated heterocycles. The molecule has 0 unspecified atom stereocenters. The van der Waals surface area contributed by atoms with Gasteiger partial charge in [0.05, 0.1) is 0 Å². The van der Waals surface area contributed by atoms with Crippen LogP contribution in [0.1, 0.15) is 27.7 Å². The molecule has 0 bridgehead atoms. The Hall–Kier alpha value is 1.57. The predicted molar refractivity (Wildman–Crippen MR) is 48.2 cm³/mol. The van der Waals surface area contributed by atoms with Crippen molar-refractivity contribution in [1.82, 2.24) is 0 Å². The molecular formula is C8H20NdSi-. The van der Waals surface area contributed by atoms with Gasteiger partial charge in [-0.1, -0.05) is 38.9 Å². The van der Waals surface area contributed by atoms with Gasteiger partial charge in [0.25, 0.3) is 0 Å². The SMILES string of the molecule is CC[Si](CC)CC.[CH2-]C.[Nd]. The smallest absolute Gasteiger partial charge is 0.0470 e. The summed E-state index contributed by atoms with van der Waals surface area (Å²) in [5.41, 5.74) is 0. The maximum atomic E-state index is 3.25. The van der Waals surface area contributed by atoms with Crippen LogP contribution in [0, 0.1) is 47.8 Å². The largest absolute Gasteiger partial charge is 0.346 e. The van der Waals surface area contributed by atoms with Gasteiger partial charge in [0.15, 0.2) is 0 Å². The van der Waals surface area contributed by atoms with Gasteiger partial charge in [-0.05, 0) is 0 Å². The van der Waals surface area contributed by atoms with E-state index >= 15 is 0 Å². The van der Waals surface area contributed by atoms with E-state index in [4.69, 9.17) is 0 Å². The van der Waals surface area contributed by atoms with Crippen LogP contribution >= 0.6 is 0 Å². The first-order chi connectivity index (χ1) is 4.35. The van der Waals surface area contributed by atoms with Crippen LogP contribution in [0.25, 0.3) is 0 Å². The standard InChI is InChI=1S/C6H15Si.C2H5.Nd/c1-4-7(5-2)6-3;1-2;/h4-6H2,1-3H3;1H2,2H3;/q;-1;. The van der Waals surface area contributed by atoms with Gasteiger partial charge in [0.2, 0.25) is 0 Å². The minimum Gasteiger partial charge on any atom is -0.346 e. The fourth-order valence-electron chi connectivity index (χ4n) is 0.750. The molecule has 0 aromatic heterocycles. The first kappa shape index (κ1) is 17.6. The summed E-state index contributed by atoms with van der Waals surface area (Å²) in [5, 5.41) is 0. The van der Waals surface area contributed by atoms with Crippen molar-refractivity contribution < 1.29 is 40.8 Å². The minimum atomic E-state index is 0. The Kier molecular flexibility index (Phi) is 29.7. The molecule has 0 heterocycles. The summed E-state index contributed by atoms with van der Waals surface area (Å²) < 4.78 is 0. The zero-order valence-corrected chi connectivity index (χ0v) is 12.0. The molecule has 0 spiro atoms. The second kappa shape index (κ2) is 16.9. The summed E-state index contributed by atoms with van der Waals surface area (Å²) in [6, 6.07) is 4.37. The van der Waals surface area contributed by atoms with Crippen LogP contribution in [-0.4, -0.2) is 8.80 Å². The van der Waals surface area contributed by atoms with Crippen molar-refractivity contribution in [2.24, 2.45) is 0 Å². The predicted octanol–water partition coefficient (Wildman–Crippen LogP) is 3.38. The summed E-state index contributed by atoms with van der Waals surface area (Å²) in [6.45, 7) is 11.9. The Balaban J connectivity index is -0.000000149. The second-order valence-electron chi connectivity index (χ2n) is 1.81. The van der Waals surface area contributed by atoms with Crippen molar-refractivity contribution in [2.45, 2.75) is 45.8 Å². The Morgan fingerprint density at radius 1 is 0.900 bits per heavy atom. The van der Waals surface area contributed by atoms with E-state index in [0.717, 1.165) is 0 Å². The molecule has 0 amide bonds. The molecule has 61 valence electrons. The molecule has 0 aromatic rings. The van der Waals surface area contributed by atoms with E-state index in [0.29, 0.717) is 0 Å². The number of rotatable bonds is 3. The van der Waals surface area contributed by atoms with Gasteiger partial charge in [0.1, 0.15) is 0 Å². The van der Waals surface area contributed by atoms with E-state index in [1.807, 2.05) is 0 Å². The third-order valence-corrected chi connectivity index (χ3v) is 4.50. The average molecular weight is 289 g/mol. The monoisotopic (exact) mass is 286 g/mol. The van der Waals surface area contributed by atoms with E-state index in [1.54, 1.807) is 6.92 Å². The second-order valence-corrected chi connectivity index (χ2v) is 5.43. The van der Waals surface area contributed by atoms with Crippen LogP contribution in [0.15, 0.2) is 0 Å². The summed E-state index contributed by atoms with van der Waals surface area (Å²) in [6.07, 6.45) is 0. The Labute approximate surface area is 101 Å². The molecule has 10 heavy (non-hydrogen) atoms. The van der Waals surface area contributed by atoms with Crippen LogP contribution in [0.3, 0.4) is 0 Å². The summed E-state index contributed by atoms with van der Waals surface area (Å²) in [7, 11) is 0.137. The fourth-order valence-corrected chi connectivity index (χ4v) is 2.25. The van der Waals surface area contributed by atoms with E-state index < -0.39 is 0 Å². The molecule has 0 rings (SSSR count). The van der Waals surface area contributed by atoms with Crippen LogP contribution in [-0.2, 0) is 0 Å². The maximum absolute atomic E-state index is 3.25. The molecule has 1 radical (unpaired) electrons. The zero-order valence-electron chi connectivity index (χ0n) is 7.83. The Bertz CT molecular complexity index is 30.7. The summed E-state index contributed by atoms with van der Waals surface area (Å²) >= 11 is 0. The Morgan fingerprint density at radius 3 is 1.10 bits per heavy atom. The summed E-state index contributed by atoms with van der Waals surface area (Å²) in [4.78, 5) is 0. The van der Waals surface area contributed by atoms with Gasteiger partial charge >= 0.3 is 0 Å². The third-order valence-electron chi connectivity index (χ3n) is 1.50. The van der Waals surface area contributed by atoms with Crippen molar-refractivity contribution in [3.8, 4) is 0 Å². The van der Waals surface area contributed by atoms with Crippen molar-refractivity contribution in [3.05, 3.63) is 6.92 Å². The number of hydrogen-bond acceptors (Lipinski definition) is 0. The Morgan fingerprint density at radius 2 is 1.10 bits per heavy atom. The maximum Gasteiger partial charge on any atom is 0.0470 e. The van der Waals surface area contributed by atoms with Gasteiger partial charge < -0.3 is 6.92 Å². The molecule has 0 atom stereocenters. The van der Waals surface area contributed by atoms with E-state index in [-0.39, 0.29) is 49.6 Å². The van der Waals surface area contributed by atoms with Gasteiger partial charge in [-0.25, -0.2) is 0 Å². The van der Waals surface area contributed by atoms with E-state index in [9.17, 15) is 0 Å². The van der Waals surface area contributed by atoms with Crippen LogP contribution < -0.4 is 0 Å². The molecule has 2 heteroatoms. The minimum absolute atomic E-state index is 0. The van der Waals surface area contributed by atoms with Crippen molar-refractivity contribution in [3.63, 3.8) is 0 Å². The quantitative estimate of drug-likeness (QED) is 0.552. The van der Waals surface area contributed by atoms with Crippen molar-refractivity contribution >= 4 is 8.80 Å². The molecule has 0 aliphatic rings. The van der Waals surface area contributed by atoms with Crippen molar-refractivity contribution in [2.75, 3.05) is 0 Å². The van der Waals surface area contributed by atoms with Crippen LogP contribution in [0.2, 0.25) is 18.1 Å². The average Bonchev–Trinajstić information content (AvgIpc) is 1.96. The normalized spacial score (nSPS) is 7.80. The molecule has 0 N–H and O–H groups in total. The van der Waals surface area contributed by atoms with Gasteiger partial charge in [-0.2, -0.15) is 6.92 Å². The number of hydrogen-bond donors (Lipinski definition) is 0. The fraction of sp³-hybridized carbons (Fsp3) is 0.875. The van der Waals surface area contributed by atoms with E-state index in [2.05, 4.69) is 27.7 Å². The molecule has 0 aliphatic carbocycles. The van der Waals surface area contributed by atoms with Crippen LogP contribution in [0.4, 0.5) is 0 Å². The van der Waals surface area contributed by atoms with Gasteiger partial charge in [0, 0.05) is 49.6 Å². The first-order valence-corrected chi connectivity index (χ1v) is 6.01. The molecule has 0 aromatic carbocycles. The van der Waals surface area contributed by atoms with Gasteiger partial charge in [-0.3, -0.25) is 0 Å². The van der Waals surface area contributed by atoms with Crippen molar-refractivity contribution in [1.29, 1.82) is 0 Å². The molecule has 0 fully saturated rings. The molecule has 0 nitrogen and oxygen atoms in total. The van der Waals surface area contributed by atoms with Gasteiger partial charge in [-0.15, -0.1) is 0 Å². The first-order valence-electron chi connectivity index (χ1n) is 3.89. The molecule has 0 saturated carbocycles. The topological polar surface area (TPSA) is 0 Å². The third kappa shape index (κ3) is 12.3. The molecular weight excluding hydrogens is 268 g/mol. The summed E-state index contributed by atoms with van der Waals surface area (Å²) in [5.74, 6) is 0.